The Morgan fingerprint density at radius 2 is 2.11 bits per heavy atom. The van der Waals surface area contributed by atoms with Crippen LogP contribution in [0.15, 0.2) is 35.7 Å². The Bertz CT molecular complexity index is 547. The van der Waals surface area contributed by atoms with E-state index in [1.165, 1.54) is 0 Å². The van der Waals surface area contributed by atoms with Gasteiger partial charge in [-0.15, -0.1) is 11.3 Å². The Morgan fingerprint density at radius 3 is 2.72 bits per heavy atom. The van der Waals surface area contributed by atoms with E-state index >= 15 is 0 Å². The third-order valence-electron chi connectivity index (χ3n) is 2.44. The lowest BCUT2D eigenvalue weighted by Crippen LogP contribution is -2.30. The zero-order valence-electron chi connectivity index (χ0n) is 10.4. The molecule has 2 aromatic rings. The molecule has 0 aliphatic heterocycles. The maximum absolute atomic E-state index is 12.0. The van der Waals surface area contributed by atoms with Gasteiger partial charge in [-0.25, -0.2) is 0 Å². The van der Waals surface area contributed by atoms with E-state index in [4.69, 9.17) is 5.73 Å². The molecule has 0 radical (unpaired) electrons. The predicted molar refractivity (Wildman–Crippen MR) is 76.8 cm³/mol. The molecule has 1 amide bonds. The van der Waals surface area contributed by atoms with Gasteiger partial charge in [0.1, 0.15) is 0 Å². The molecule has 3 N–H and O–H groups in total. The van der Waals surface area contributed by atoms with Gasteiger partial charge in [0.25, 0.3) is 5.91 Å². The first-order valence-corrected chi connectivity index (χ1v) is 6.69. The highest BCUT2D eigenvalue weighted by Gasteiger charge is 2.10. The number of benzene rings is 1. The number of nitrogens with one attached hydrogen (secondary N) is 1. The molecule has 0 bridgehead atoms. The van der Waals surface area contributed by atoms with Crippen LogP contribution < -0.4 is 11.1 Å². The van der Waals surface area contributed by atoms with Gasteiger partial charge >= 0.3 is 0 Å². The molecule has 3 nitrogen and oxygen atoms in total. The van der Waals surface area contributed by atoms with Gasteiger partial charge < -0.3 is 11.1 Å². The Balaban J connectivity index is 2.35. The molecule has 1 aromatic carbocycles. The largest absolute Gasteiger partial charge is 0.399 e. The molecule has 0 saturated heterocycles. The molecule has 0 atom stereocenters. The number of nitrogens with two attached hydrogens (primary N) is 1. The number of nitrogen functional groups attached to an aromatic ring is 1. The summed E-state index contributed by atoms with van der Waals surface area (Å²) in [4.78, 5) is 13.1. The van der Waals surface area contributed by atoms with E-state index < -0.39 is 0 Å². The van der Waals surface area contributed by atoms with Crippen molar-refractivity contribution in [1.82, 2.24) is 5.32 Å². The Kier molecular flexibility index (Phi) is 3.67. The second kappa shape index (κ2) is 5.23. The number of anilines is 1. The summed E-state index contributed by atoms with van der Waals surface area (Å²) in [5.74, 6) is -0.0879. The fourth-order valence-corrected chi connectivity index (χ4v) is 2.43. The number of thiophene rings is 1. The molecule has 0 aliphatic rings. The van der Waals surface area contributed by atoms with E-state index in [1.807, 2.05) is 43.5 Å². The highest BCUT2D eigenvalue weighted by molar-refractivity contribution is 7.13. The quantitative estimate of drug-likeness (QED) is 0.833. The lowest BCUT2D eigenvalue weighted by atomic mass is 10.1. The van der Waals surface area contributed by atoms with Crippen molar-refractivity contribution in [2.75, 3.05) is 5.73 Å². The van der Waals surface area contributed by atoms with Crippen LogP contribution in [0, 0.1) is 0 Å². The molecule has 0 unspecified atom stereocenters. The van der Waals surface area contributed by atoms with Crippen LogP contribution in [0.1, 0.15) is 24.2 Å². The summed E-state index contributed by atoms with van der Waals surface area (Å²) in [5.41, 5.74) is 8.05. The lowest BCUT2D eigenvalue weighted by Gasteiger charge is -2.10. The average Bonchev–Trinajstić information content (AvgIpc) is 2.80. The minimum absolute atomic E-state index is 0.0879. The van der Waals surface area contributed by atoms with Crippen molar-refractivity contribution >= 4 is 22.9 Å². The van der Waals surface area contributed by atoms with E-state index in [-0.39, 0.29) is 11.9 Å². The first kappa shape index (κ1) is 12.6. The fourth-order valence-electron chi connectivity index (χ4n) is 1.71. The summed E-state index contributed by atoms with van der Waals surface area (Å²) in [6, 6.07) is 9.58. The maximum Gasteiger partial charge on any atom is 0.251 e. The van der Waals surface area contributed by atoms with Crippen LogP contribution in [-0.2, 0) is 0 Å². The minimum atomic E-state index is -0.0879. The third-order valence-corrected chi connectivity index (χ3v) is 3.36. The van der Waals surface area contributed by atoms with Crippen molar-refractivity contribution in [3.63, 3.8) is 0 Å². The number of hydrogen-bond acceptors (Lipinski definition) is 3. The Morgan fingerprint density at radius 1 is 1.33 bits per heavy atom. The van der Waals surface area contributed by atoms with Crippen molar-refractivity contribution < 1.29 is 4.79 Å². The number of amides is 1. The van der Waals surface area contributed by atoms with Crippen LogP contribution in [0.4, 0.5) is 5.69 Å². The second-order valence-corrected chi connectivity index (χ2v) is 5.40. The third kappa shape index (κ3) is 2.90. The van der Waals surface area contributed by atoms with Gasteiger partial charge in [0, 0.05) is 22.2 Å². The van der Waals surface area contributed by atoms with Crippen molar-refractivity contribution in [3.8, 4) is 10.4 Å². The Hall–Kier alpha value is -1.81. The molecule has 4 heteroatoms. The predicted octanol–water partition coefficient (Wildman–Crippen LogP) is 3.14. The zero-order chi connectivity index (χ0) is 13.1. The maximum atomic E-state index is 12.0. The molecular formula is C14H16N2OS. The van der Waals surface area contributed by atoms with Crippen LogP contribution in [0.25, 0.3) is 10.4 Å². The summed E-state index contributed by atoms with van der Waals surface area (Å²) in [6.45, 7) is 3.87. The van der Waals surface area contributed by atoms with E-state index in [0.717, 1.165) is 10.4 Å². The monoisotopic (exact) mass is 260 g/mol. The molecular weight excluding hydrogens is 244 g/mol. The van der Waals surface area contributed by atoms with Gasteiger partial charge in [0.05, 0.1) is 0 Å². The second-order valence-electron chi connectivity index (χ2n) is 4.45. The minimum Gasteiger partial charge on any atom is -0.399 e. The van der Waals surface area contributed by atoms with Crippen molar-refractivity contribution in [3.05, 3.63) is 41.3 Å². The summed E-state index contributed by atoms with van der Waals surface area (Å²) >= 11 is 1.63. The number of hydrogen-bond donors (Lipinski definition) is 2. The molecule has 0 aliphatic carbocycles. The van der Waals surface area contributed by atoms with E-state index in [2.05, 4.69) is 5.32 Å². The first-order chi connectivity index (χ1) is 8.56. The zero-order valence-corrected chi connectivity index (χ0v) is 11.3. The SMILES string of the molecule is CC(C)NC(=O)c1cc(N)cc(-c2cccs2)c1. The highest BCUT2D eigenvalue weighted by atomic mass is 32.1. The summed E-state index contributed by atoms with van der Waals surface area (Å²) in [6.07, 6.45) is 0. The molecule has 0 saturated carbocycles. The highest BCUT2D eigenvalue weighted by Crippen LogP contribution is 2.27. The van der Waals surface area contributed by atoms with Crippen LogP contribution in [-0.4, -0.2) is 11.9 Å². The Labute approximate surface area is 111 Å². The smallest absolute Gasteiger partial charge is 0.251 e. The van der Waals surface area contributed by atoms with Gasteiger partial charge in [-0.1, -0.05) is 6.07 Å². The topological polar surface area (TPSA) is 55.1 Å². The molecule has 18 heavy (non-hydrogen) atoms. The summed E-state index contributed by atoms with van der Waals surface area (Å²) < 4.78 is 0. The molecule has 94 valence electrons. The van der Waals surface area contributed by atoms with Gasteiger partial charge in [0.15, 0.2) is 0 Å². The molecule has 0 spiro atoms. The van der Waals surface area contributed by atoms with Crippen LogP contribution in [0.3, 0.4) is 0 Å². The normalized spacial score (nSPS) is 10.6. The number of carbonyl (C=O) groups excluding carboxylic acids is 1. The van der Waals surface area contributed by atoms with Crippen molar-refractivity contribution in [2.45, 2.75) is 19.9 Å². The van der Waals surface area contributed by atoms with Crippen molar-refractivity contribution in [2.24, 2.45) is 0 Å². The number of rotatable bonds is 3. The van der Waals surface area contributed by atoms with Crippen LogP contribution in [0.5, 0.6) is 0 Å². The standard InChI is InChI=1S/C14H16N2OS/c1-9(2)16-14(17)11-6-10(7-12(15)8-11)13-4-3-5-18-13/h3-9H,15H2,1-2H3,(H,16,17). The molecule has 1 aromatic heterocycles. The molecule has 1 heterocycles. The van der Waals surface area contributed by atoms with Crippen LogP contribution in [0.2, 0.25) is 0 Å². The molecule has 2 rings (SSSR count). The number of carbonyl (C=O) groups is 1. The van der Waals surface area contributed by atoms with Crippen LogP contribution >= 0.6 is 11.3 Å². The van der Waals surface area contributed by atoms with Crippen molar-refractivity contribution in [1.29, 1.82) is 0 Å². The molecule has 0 fully saturated rings. The average molecular weight is 260 g/mol. The summed E-state index contributed by atoms with van der Waals surface area (Å²) in [5, 5.41) is 4.87. The van der Waals surface area contributed by atoms with E-state index in [9.17, 15) is 4.79 Å². The van der Waals surface area contributed by atoms with Gasteiger partial charge in [0.2, 0.25) is 0 Å². The summed E-state index contributed by atoms with van der Waals surface area (Å²) in [7, 11) is 0. The van der Waals surface area contributed by atoms with E-state index in [0.29, 0.717) is 11.3 Å². The van der Waals surface area contributed by atoms with Gasteiger partial charge in [-0.05, 0) is 49.1 Å². The fraction of sp³-hybridized carbons (Fsp3) is 0.214. The van der Waals surface area contributed by atoms with Gasteiger partial charge in [-0.2, -0.15) is 0 Å². The van der Waals surface area contributed by atoms with Gasteiger partial charge in [-0.3, -0.25) is 4.79 Å². The lowest BCUT2D eigenvalue weighted by molar-refractivity contribution is 0.0943. The van der Waals surface area contributed by atoms with E-state index in [1.54, 1.807) is 17.4 Å². The first-order valence-electron chi connectivity index (χ1n) is 5.81.